The molecule has 2 atom stereocenters. The second-order valence-electron chi connectivity index (χ2n) is 14.4. The molecule has 0 aliphatic carbocycles. The predicted molar refractivity (Wildman–Crippen MR) is 248 cm³/mol. The van der Waals surface area contributed by atoms with Crippen LogP contribution in [0.25, 0.3) is 0 Å². The van der Waals surface area contributed by atoms with Crippen LogP contribution in [0.2, 0.25) is 0 Å². The summed E-state index contributed by atoms with van der Waals surface area (Å²) in [6, 6.07) is -0.636. The molecule has 0 bridgehead atoms. The first-order chi connectivity index (χ1) is 27.7. The monoisotopic (exact) mass is 770 g/mol. The van der Waals surface area contributed by atoms with Gasteiger partial charge in [0.15, 0.2) is 0 Å². The Morgan fingerprint density at radius 1 is 0.446 bits per heavy atom. The van der Waals surface area contributed by atoms with Gasteiger partial charge in [-0.1, -0.05) is 199 Å². The van der Waals surface area contributed by atoms with Gasteiger partial charge in [-0.2, -0.15) is 0 Å². The lowest BCUT2D eigenvalue weighted by atomic mass is 10.1. The number of rotatable bonds is 38. The minimum absolute atomic E-state index is 0.0909. The van der Waals surface area contributed by atoms with Crippen molar-refractivity contribution in [2.75, 3.05) is 6.61 Å². The van der Waals surface area contributed by atoms with Gasteiger partial charge in [0.25, 0.3) is 0 Å². The van der Waals surface area contributed by atoms with E-state index < -0.39 is 12.1 Å². The maximum Gasteiger partial charge on any atom is 0.220 e. The summed E-state index contributed by atoms with van der Waals surface area (Å²) in [5.74, 6) is -0.0909. The largest absolute Gasteiger partial charge is 0.394 e. The number of unbranched alkanes of at least 4 members (excludes halogenated alkanes) is 11. The Bertz CT molecular complexity index is 1190. The van der Waals surface area contributed by atoms with Crippen LogP contribution in [0, 0.1) is 0 Å². The summed E-state index contributed by atoms with van der Waals surface area (Å²) in [7, 11) is 0. The minimum atomic E-state index is -0.851. The SMILES string of the molecule is CC/C=C\C/C=C\C/C=C\C/C=C\C/C=C\C/C=C\C/C=C\C/C=C\C/C=C\C/C=C\CCCCCCCCC(=O)NC(CO)C(O)/C=C/CCCCCCC. The summed E-state index contributed by atoms with van der Waals surface area (Å²) in [4.78, 5) is 12.3. The third kappa shape index (κ3) is 41.7. The summed E-state index contributed by atoms with van der Waals surface area (Å²) in [6.45, 7) is 4.11. The Labute approximate surface area is 345 Å². The zero-order valence-corrected chi connectivity index (χ0v) is 35.8. The van der Waals surface area contributed by atoms with Gasteiger partial charge in [-0.05, 0) is 96.3 Å². The Morgan fingerprint density at radius 2 is 0.786 bits per heavy atom. The van der Waals surface area contributed by atoms with E-state index in [0.29, 0.717) is 6.42 Å². The second kappa shape index (κ2) is 45.9. The predicted octanol–water partition coefficient (Wildman–Crippen LogP) is 14.3. The number of amides is 1. The molecular formula is C52H83NO3. The van der Waals surface area contributed by atoms with Crippen molar-refractivity contribution < 1.29 is 15.0 Å². The number of allylic oxidation sites excluding steroid dienone is 21. The van der Waals surface area contributed by atoms with Crippen LogP contribution in [0.3, 0.4) is 0 Å². The first-order valence-corrected chi connectivity index (χ1v) is 22.4. The third-order valence-corrected chi connectivity index (χ3v) is 9.14. The fraction of sp³-hybridized carbons (Fsp3) is 0.558. The first-order valence-electron chi connectivity index (χ1n) is 22.4. The van der Waals surface area contributed by atoms with E-state index in [-0.39, 0.29) is 12.5 Å². The van der Waals surface area contributed by atoms with Crippen molar-refractivity contribution in [2.45, 2.75) is 180 Å². The topological polar surface area (TPSA) is 69.6 Å². The molecule has 0 rings (SSSR count). The Kier molecular flexibility index (Phi) is 43.1. The fourth-order valence-corrected chi connectivity index (χ4v) is 5.73. The molecule has 0 aromatic carbocycles. The maximum atomic E-state index is 12.3. The molecule has 0 aliphatic rings. The minimum Gasteiger partial charge on any atom is -0.394 e. The number of carbonyl (C=O) groups is 1. The van der Waals surface area contributed by atoms with Gasteiger partial charge in [0.2, 0.25) is 5.91 Å². The van der Waals surface area contributed by atoms with Crippen LogP contribution in [0.15, 0.2) is 134 Å². The second-order valence-corrected chi connectivity index (χ2v) is 14.4. The first kappa shape index (κ1) is 52.5. The van der Waals surface area contributed by atoms with E-state index in [1.165, 1.54) is 44.9 Å². The normalized spacial score (nSPS) is 14.3. The summed E-state index contributed by atoms with van der Waals surface area (Å²) in [5, 5.41) is 22.7. The van der Waals surface area contributed by atoms with Gasteiger partial charge in [0.1, 0.15) is 0 Å². The quantitative estimate of drug-likeness (QED) is 0.0433. The lowest BCUT2D eigenvalue weighted by Gasteiger charge is -2.20. The highest BCUT2D eigenvalue weighted by Gasteiger charge is 2.17. The number of hydrogen-bond acceptors (Lipinski definition) is 3. The number of nitrogens with one attached hydrogen (secondary N) is 1. The molecule has 4 nitrogen and oxygen atoms in total. The molecule has 314 valence electrons. The van der Waals surface area contributed by atoms with Crippen LogP contribution in [0.5, 0.6) is 0 Å². The van der Waals surface area contributed by atoms with Crippen molar-refractivity contribution >= 4 is 5.91 Å². The zero-order valence-electron chi connectivity index (χ0n) is 35.8. The van der Waals surface area contributed by atoms with Crippen LogP contribution in [0.1, 0.15) is 168 Å². The van der Waals surface area contributed by atoms with Gasteiger partial charge in [0, 0.05) is 6.42 Å². The zero-order chi connectivity index (χ0) is 40.7. The molecule has 0 saturated carbocycles. The molecule has 0 radical (unpaired) electrons. The highest BCUT2D eigenvalue weighted by atomic mass is 16.3. The van der Waals surface area contributed by atoms with Crippen LogP contribution < -0.4 is 5.32 Å². The lowest BCUT2D eigenvalue weighted by Crippen LogP contribution is -2.45. The molecular weight excluding hydrogens is 687 g/mol. The highest BCUT2D eigenvalue weighted by Crippen LogP contribution is 2.10. The molecule has 0 saturated heterocycles. The molecule has 0 heterocycles. The summed E-state index contributed by atoms with van der Waals surface area (Å²) < 4.78 is 0. The van der Waals surface area contributed by atoms with Crippen molar-refractivity contribution in [2.24, 2.45) is 0 Å². The van der Waals surface area contributed by atoms with E-state index in [0.717, 1.165) is 103 Å². The molecule has 0 spiro atoms. The van der Waals surface area contributed by atoms with Crippen molar-refractivity contribution in [1.82, 2.24) is 5.32 Å². The summed E-state index contributed by atoms with van der Waals surface area (Å²) in [6.07, 6.45) is 72.9. The van der Waals surface area contributed by atoms with Crippen LogP contribution in [-0.2, 0) is 4.79 Å². The van der Waals surface area contributed by atoms with E-state index in [4.69, 9.17) is 0 Å². The van der Waals surface area contributed by atoms with Crippen molar-refractivity contribution in [3.05, 3.63) is 134 Å². The highest BCUT2D eigenvalue weighted by molar-refractivity contribution is 5.76. The molecule has 1 amide bonds. The van der Waals surface area contributed by atoms with Gasteiger partial charge in [-0.25, -0.2) is 0 Å². The van der Waals surface area contributed by atoms with E-state index in [1.807, 2.05) is 6.08 Å². The lowest BCUT2D eigenvalue weighted by molar-refractivity contribution is -0.123. The molecule has 0 fully saturated rings. The Morgan fingerprint density at radius 3 is 1.18 bits per heavy atom. The standard InChI is InChI=1S/C52H83NO3/c1-3-5-7-9-11-12-13-14-15-16-17-18-19-20-21-22-23-24-25-26-27-28-29-30-31-32-33-34-35-36-37-38-39-40-42-44-46-48-52(56)53-50(49-54)51(55)47-45-43-41-10-8-6-4-2/h5,7,11-12,14-15,17-18,20-21,23-24,26-27,29-30,32-33,35-36,45,47,50-51,54-55H,3-4,6,8-10,13,16,19,22,25,28,31,34,37-44,46,48-49H2,1-2H3,(H,53,56)/b7-5-,12-11-,15-14-,18-17-,21-20-,24-23-,27-26-,30-29-,33-32-,36-35-,47-45+. The number of aliphatic hydroxyl groups is 2. The van der Waals surface area contributed by atoms with E-state index >= 15 is 0 Å². The van der Waals surface area contributed by atoms with E-state index in [1.54, 1.807) is 6.08 Å². The Balaban J connectivity index is 3.68. The Hall–Kier alpha value is -3.47. The van der Waals surface area contributed by atoms with Crippen molar-refractivity contribution in [3.63, 3.8) is 0 Å². The van der Waals surface area contributed by atoms with Gasteiger partial charge >= 0.3 is 0 Å². The molecule has 2 unspecified atom stereocenters. The molecule has 56 heavy (non-hydrogen) atoms. The molecule has 4 heteroatoms. The summed E-state index contributed by atoms with van der Waals surface area (Å²) in [5.41, 5.74) is 0. The molecule has 0 aromatic heterocycles. The average Bonchev–Trinajstić information content (AvgIpc) is 3.20. The number of carbonyl (C=O) groups excluding carboxylic acids is 1. The molecule has 3 N–H and O–H groups in total. The van der Waals surface area contributed by atoms with E-state index in [9.17, 15) is 15.0 Å². The smallest absolute Gasteiger partial charge is 0.220 e. The van der Waals surface area contributed by atoms with Gasteiger partial charge in [-0.15, -0.1) is 0 Å². The van der Waals surface area contributed by atoms with Crippen LogP contribution in [-0.4, -0.2) is 34.9 Å². The molecule has 0 aromatic rings. The van der Waals surface area contributed by atoms with Crippen molar-refractivity contribution in [1.29, 1.82) is 0 Å². The van der Waals surface area contributed by atoms with Gasteiger partial charge < -0.3 is 15.5 Å². The summed E-state index contributed by atoms with van der Waals surface area (Å²) >= 11 is 0. The molecule has 0 aliphatic heterocycles. The fourth-order valence-electron chi connectivity index (χ4n) is 5.73. The number of aliphatic hydroxyl groups excluding tert-OH is 2. The van der Waals surface area contributed by atoms with E-state index in [2.05, 4.69) is 141 Å². The number of hydrogen-bond donors (Lipinski definition) is 3. The third-order valence-electron chi connectivity index (χ3n) is 9.14. The van der Waals surface area contributed by atoms with Crippen LogP contribution >= 0.6 is 0 Å². The van der Waals surface area contributed by atoms with Crippen LogP contribution in [0.4, 0.5) is 0 Å². The van der Waals surface area contributed by atoms with Crippen molar-refractivity contribution in [3.8, 4) is 0 Å². The maximum absolute atomic E-state index is 12.3. The average molecular weight is 770 g/mol. The van der Waals surface area contributed by atoms with Gasteiger partial charge in [0.05, 0.1) is 18.8 Å². The van der Waals surface area contributed by atoms with Gasteiger partial charge in [-0.3, -0.25) is 4.79 Å².